The van der Waals surface area contributed by atoms with Crippen LogP contribution in [0.1, 0.15) is 6.23 Å². The molecule has 2 aliphatic rings. The third kappa shape index (κ3) is 4.88. The van der Waals surface area contributed by atoms with Crippen molar-refractivity contribution in [3.05, 3.63) is 41.9 Å². The summed E-state index contributed by atoms with van der Waals surface area (Å²) in [5.74, 6) is 0.718. The summed E-state index contributed by atoms with van der Waals surface area (Å²) in [5, 5.41) is 31.7. The number of aliphatic hydroxyl groups excluding tert-OH is 1. The number of sulfone groups is 1. The summed E-state index contributed by atoms with van der Waals surface area (Å²) in [6.07, 6.45) is 2.14. The van der Waals surface area contributed by atoms with Gasteiger partial charge in [0.25, 0.3) is 5.44 Å². The second-order valence-electron chi connectivity index (χ2n) is 9.03. The number of morpholine rings is 1. The SMILES string of the molecule is C#C[C@@]1(O)[C@@H](COC(C(=O)O)S(=O)(=O)c2ccccc2)O[C@@H](n2cnc3c(N4CCOCC4)nc(Cl)nc32)[C@@H]1O. The number of imidazole rings is 1. The average Bonchev–Trinajstić information content (AvgIpc) is 3.47. The van der Waals surface area contributed by atoms with E-state index >= 15 is 0 Å². The number of aromatic nitrogens is 4. The first-order valence-electron chi connectivity index (χ1n) is 12.0. The van der Waals surface area contributed by atoms with Crippen molar-refractivity contribution >= 4 is 44.4 Å². The van der Waals surface area contributed by atoms with Crippen molar-refractivity contribution in [1.82, 2.24) is 19.5 Å². The Morgan fingerprint density at radius 1 is 1.27 bits per heavy atom. The van der Waals surface area contributed by atoms with Crippen molar-refractivity contribution in [3.8, 4) is 12.3 Å². The maximum Gasteiger partial charge on any atom is 0.349 e. The molecule has 3 N–H and O–H groups in total. The van der Waals surface area contributed by atoms with E-state index in [0.717, 1.165) is 0 Å². The molecule has 4 heterocycles. The fourth-order valence-corrected chi connectivity index (χ4v) is 6.04. The number of terminal acetylenes is 1. The van der Waals surface area contributed by atoms with Gasteiger partial charge in [-0.3, -0.25) is 4.57 Å². The zero-order valence-corrected chi connectivity index (χ0v) is 22.3. The van der Waals surface area contributed by atoms with Crippen LogP contribution in [0.5, 0.6) is 0 Å². The Kier molecular flexibility index (Phi) is 7.68. The Morgan fingerprint density at radius 2 is 1.98 bits per heavy atom. The fraction of sp³-hybridized carbons (Fsp3) is 0.417. The molecule has 14 nitrogen and oxygen atoms in total. The van der Waals surface area contributed by atoms with Gasteiger partial charge in [-0.2, -0.15) is 9.97 Å². The molecule has 40 heavy (non-hydrogen) atoms. The average molecular weight is 594 g/mol. The highest BCUT2D eigenvalue weighted by Crippen LogP contribution is 2.39. The molecule has 212 valence electrons. The Morgan fingerprint density at radius 3 is 2.62 bits per heavy atom. The Balaban J connectivity index is 1.43. The number of aliphatic carboxylic acids is 1. The minimum Gasteiger partial charge on any atom is -0.479 e. The number of hydrogen-bond acceptors (Lipinski definition) is 12. The van der Waals surface area contributed by atoms with E-state index in [0.29, 0.717) is 37.6 Å². The molecule has 0 saturated carbocycles. The lowest BCUT2D eigenvalue weighted by atomic mass is 9.93. The topological polar surface area (TPSA) is 186 Å². The molecule has 3 aromatic rings. The summed E-state index contributed by atoms with van der Waals surface area (Å²) in [6.45, 7) is 1.22. The number of anilines is 1. The largest absolute Gasteiger partial charge is 0.479 e. The van der Waals surface area contributed by atoms with E-state index < -0.39 is 51.9 Å². The van der Waals surface area contributed by atoms with E-state index in [2.05, 4.69) is 20.9 Å². The zero-order valence-electron chi connectivity index (χ0n) is 20.7. The molecule has 5 rings (SSSR count). The van der Waals surface area contributed by atoms with Gasteiger partial charge in [-0.15, -0.1) is 6.42 Å². The lowest BCUT2D eigenvalue weighted by Crippen LogP contribution is -2.49. The second-order valence-corrected chi connectivity index (χ2v) is 11.4. The molecule has 1 aromatic carbocycles. The van der Waals surface area contributed by atoms with E-state index in [9.17, 15) is 28.5 Å². The van der Waals surface area contributed by atoms with Gasteiger partial charge in [0, 0.05) is 13.1 Å². The van der Waals surface area contributed by atoms with Crippen LogP contribution in [0.25, 0.3) is 11.2 Å². The number of nitrogens with zero attached hydrogens (tertiary/aromatic N) is 5. The van der Waals surface area contributed by atoms with E-state index in [1.807, 2.05) is 4.90 Å². The maximum atomic E-state index is 12.9. The fourth-order valence-electron chi connectivity index (χ4n) is 4.58. The maximum absolute atomic E-state index is 12.9. The van der Waals surface area contributed by atoms with Crippen LogP contribution in [-0.4, -0.2) is 105 Å². The van der Waals surface area contributed by atoms with Gasteiger partial charge in [0.1, 0.15) is 12.2 Å². The van der Waals surface area contributed by atoms with Crippen molar-refractivity contribution in [3.63, 3.8) is 0 Å². The van der Waals surface area contributed by atoms with Crippen LogP contribution in [0.2, 0.25) is 5.28 Å². The quantitative estimate of drug-likeness (QED) is 0.231. The van der Waals surface area contributed by atoms with Crippen LogP contribution in [0, 0.1) is 12.3 Å². The molecule has 16 heteroatoms. The van der Waals surface area contributed by atoms with Crippen LogP contribution in [0.4, 0.5) is 5.82 Å². The summed E-state index contributed by atoms with van der Waals surface area (Å²) >= 11 is 6.20. The van der Waals surface area contributed by atoms with Crippen molar-refractivity contribution in [2.24, 2.45) is 0 Å². The standard InChI is InChI=1S/C24H24ClN5O9S/c1-2-24(34)15(12-38-22(21(32)33)40(35,36)14-6-4-3-5-7-14)39-20(17(24)31)30-13-26-16-18(27-23(25)28-19(16)30)29-8-10-37-11-9-29/h1,3-7,13,15,17,20,22,31,34H,8-12H2,(H,32,33)/t15-,17+,20-,22?,24-/m1/s1. The highest BCUT2D eigenvalue weighted by Gasteiger charge is 2.56. The van der Waals surface area contributed by atoms with Crippen LogP contribution in [0.3, 0.4) is 0 Å². The minimum absolute atomic E-state index is 0.106. The van der Waals surface area contributed by atoms with Crippen molar-refractivity contribution in [1.29, 1.82) is 0 Å². The Labute approximate surface area is 233 Å². The molecule has 0 radical (unpaired) electrons. The number of rotatable bonds is 8. The first-order valence-corrected chi connectivity index (χ1v) is 13.9. The molecule has 1 unspecified atom stereocenters. The number of benzene rings is 1. The Bertz CT molecular complexity index is 1560. The number of carboxylic acid groups (broad SMARTS) is 1. The number of carboxylic acids is 1. The van der Waals surface area contributed by atoms with Crippen LogP contribution in [0.15, 0.2) is 41.6 Å². The molecule has 2 fully saturated rings. The summed E-state index contributed by atoms with van der Waals surface area (Å²) in [6, 6.07) is 6.87. The minimum atomic E-state index is -4.49. The zero-order chi connectivity index (χ0) is 28.7. The molecule has 0 amide bonds. The summed E-state index contributed by atoms with van der Waals surface area (Å²) in [5.41, 5.74) is -4.23. The van der Waals surface area contributed by atoms with E-state index in [1.165, 1.54) is 35.2 Å². The van der Waals surface area contributed by atoms with Crippen molar-refractivity contribution in [2.45, 2.75) is 34.4 Å². The first-order chi connectivity index (χ1) is 19.1. The highest BCUT2D eigenvalue weighted by atomic mass is 35.5. The number of ether oxygens (including phenoxy) is 3. The van der Waals surface area contributed by atoms with Gasteiger partial charge < -0.3 is 34.4 Å². The van der Waals surface area contributed by atoms with Gasteiger partial charge in [-0.05, 0) is 23.7 Å². The number of hydrogen-bond donors (Lipinski definition) is 3. The van der Waals surface area contributed by atoms with E-state index in [4.69, 9.17) is 32.2 Å². The highest BCUT2D eigenvalue weighted by molar-refractivity contribution is 7.92. The lowest BCUT2D eigenvalue weighted by molar-refractivity contribution is -0.149. The van der Waals surface area contributed by atoms with Gasteiger partial charge in [-0.1, -0.05) is 24.1 Å². The molecule has 2 saturated heterocycles. The Hall–Kier alpha value is -3.36. The molecular formula is C24H24ClN5O9S. The molecule has 5 atom stereocenters. The third-order valence-electron chi connectivity index (χ3n) is 6.66. The smallest absolute Gasteiger partial charge is 0.349 e. The molecular weight excluding hydrogens is 570 g/mol. The molecule has 2 aromatic heterocycles. The van der Waals surface area contributed by atoms with Gasteiger partial charge in [0.15, 0.2) is 28.8 Å². The second kappa shape index (κ2) is 10.9. The van der Waals surface area contributed by atoms with Gasteiger partial charge in [0.2, 0.25) is 15.1 Å². The summed E-state index contributed by atoms with van der Waals surface area (Å²) in [4.78, 5) is 26.4. The van der Waals surface area contributed by atoms with E-state index in [-0.39, 0.29) is 15.8 Å². The van der Waals surface area contributed by atoms with Crippen LogP contribution >= 0.6 is 11.6 Å². The van der Waals surface area contributed by atoms with Crippen molar-refractivity contribution in [2.75, 3.05) is 37.8 Å². The third-order valence-corrected chi connectivity index (χ3v) is 8.66. The molecule has 0 bridgehead atoms. The normalized spacial score (nSPS) is 26.1. The van der Waals surface area contributed by atoms with Crippen molar-refractivity contribution < 1.29 is 42.7 Å². The predicted molar refractivity (Wildman–Crippen MR) is 138 cm³/mol. The number of carbonyl (C=O) groups is 1. The number of aliphatic hydroxyl groups is 2. The lowest BCUT2D eigenvalue weighted by Gasteiger charge is -2.28. The summed E-state index contributed by atoms with van der Waals surface area (Å²) in [7, 11) is -4.49. The molecule has 0 aliphatic carbocycles. The van der Waals surface area contributed by atoms with Crippen LogP contribution < -0.4 is 4.90 Å². The molecule has 0 spiro atoms. The predicted octanol–water partition coefficient (Wildman–Crippen LogP) is -0.160. The van der Waals surface area contributed by atoms with Crippen LogP contribution in [-0.2, 0) is 28.8 Å². The first kappa shape index (κ1) is 28.2. The van der Waals surface area contributed by atoms with Gasteiger partial charge >= 0.3 is 5.97 Å². The summed E-state index contributed by atoms with van der Waals surface area (Å²) < 4.78 is 43.6. The van der Waals surface area contributed by atoms with Gasteiger partial charge in [0.05, 0.1) is 31.0 Å². The van der Waals surface area contributed by atoms with Gasteiger partial charge in [-0.25, -0.2) is 18.2 Å². The number of fused-ring (bicyclic) bond motifs is 1. The molecule has 2 aliphatic heterocycles. The van der Waals surface area contributed by atoms with E-state index in [1.54, 1.807) is 6.07 Å². The number of halogens is 1. The monoisotopic (exact) mass is 593 g/mol.